The van der Waals surface area contributed by atoms with Gasteiger partial charge in [-0.15, -0.1) is 0 Å². The van der Waals surface area contributed by atoms with Crippen LogP contribution in [-0.2, 0) is 24.3 Å². The highest BCUT2D eigenvalue weighted by Gasteiger charge is 2.35. The molecule has 25 heavy (non-hydrogen) atoms. The van der Waals surface area contributed by atoms with Gasteiger partial charge in [-0.2, -0.15) is 5.10 Å². The van der Waals surface area contributed by atoms with E-state index in [9.17, 15) is 4.79 Å². The zero-order valence-corrected chi connectivity index (χ0v) is 14.7. The molecule has 1 fully saturated rings. The first-order valence-corrected chi connectivity index (χ1v) is 9.16. The maximum absolute atomic E-state index is 13.1. The third-order valence-corrected chi connectivity index (χ3v) is 5.58. The van der Waals surface area contributed by atoms with Crippen molar-refractivity contribution in [3.63, 3.8) is 0 Å². The summed E-state index contributed by atoms with van der Waals surface area (Å²) >= 11 is 0. The van der Waals surface area contributed by atoms with Crippen molar-refractivity contribution in [2.24, 2.45) is 0 Å². The molecule has 0 unspecified atom stereocenters. The van der Waals surface area contributed by atoms with Crippen molar-refractivity contribution in [3.8, 4) is 0 Å². The van der Waals surface area contributed by atoms with Gasteiger partial charge in [-0.1, -0.05) is 24.3 Å². The highest BCUT2D eigenvalue weighted by atomic mass is 16.2. The van der Waals surface area contributed by atoms with Gasteiger partial charge in [0, 0.05) is 19.1 Å². The third kappa shape index (κ3) is 3.31. The van der Waals surface area contributed by atoms with E-state index in [-0.39, 0.29) is 11.9 Å². The maximum Gasteiger partial charge on any atom is 0.239 e. The highest BCUT2D eigenvalue weighted by molar-refractivity contribution is 5.81. The van der Waals surface area contributed by atoms with Gasteiger partial charge >= 0.3 is 0 Å². The van der Waals surface area contributed by atoms with Crippen molar-refractivity contribution in [2.45, 2.75) is 51.4 Å². The Morgan fingerprint density at radius 1 is 1.28 bits per heavy atom. The standard InChI is InChI=1S/C19H25N5O/c1-15(24-9-4-7-18(24)12-23-14-20-13-21-23)19(25)22-10-8-16-5-2-3-6-17(16)11-22/h2-3,5-6,13-15,18H,4,7-12H2,1H3/t15-,18+/m0/s1. The SMILES string of the molecule is C[C@@H](C(=O)N1CCc2ccccc2C1)N1CCC[C@@H]1Cn1cncn1. The molecule has 0 radical (unpaired) electrons. The van der Waals surface area contributed by atoms with Crippen LogP contribution >= 0.6 is 0 Å². The summed E-state index contributed by atoms with van der Waals surface area (Å²) in [7, 11) is 0. The number of nitrogens with zero attached hydrogens (tertiary/aromatic N) is 5. The van der Waals surface area contributed by atoms with Crippen molar-refractivity contribution in [2.75, 3.05) is 13.1 Å². The first-order valence-electron chi connectivity index (χ1n) is 9.16. The van der Waals surface area contributed by atoms with E-state index in [4.69, 9.17) is 0 Å². The minimum atomic E-state index is -0.0821. The van der Waals surface area contributed by atoms with Crippen molar-refractivity contribution >= 4 is 5.91 Å². The van der Waals surface area contributed by atoms with E-state index < -0.39 is 0 Å². The van der Waals surface area contributed by atoms with Crippen LogP contribution in [0.2, 0.25) is 0 Å². The zero-order chi connectivity index (χ0) is 17.2. The number of likely N-dealkylation sites (tertiary alicyclic amines) is 1. The molecule has 6 heteroatoms. The summed E-state index contributed by atoms with van der Waals surface area (Å²) in [4.78, 5) is 21.5. The summed E-state index contributed by atoms with van der Waals surface area (Å²) in [6.45, 7) is 5.41. The molecule has 0 N–H and O–H groups in total. The van der Waals surface area contributed by atoms with E-state index in [0.29, 0.717) is 6.04 Å². The zero-order valence-electron chi connectivity index (χ0n) is 14.7. The van der Waals surface area contributed by atoms with Crippen LogP contribution in [0, 0.1) is 0 Å². The van der Waals surface area contributed by atoms with E-state index in [1.807, 2.05) is 9.58 Å². The van der Waals surface area contributed by atoms with Crippen LogP contribution in [0.1, 0.15) is 30.9 Å². The number of hydrogen-bond donors (Lipinski definition) is 0. The van der Waals surface area contributed by atoms with E-state index in [0.717, 1.165) is 45.4 Å². The van der Waals surface area contributed by atoms with Gasteiger partial charge in [0.15, 0.2) is 0 Å². The lowest BCUT2D eigenvalue weighted by Gasteiger charge is -2.36. The number of rotatable bonds is 4. The van der Waals surface area contributed by atoms with Crippen LogP contribution < -0.4 is 0 Å². The lowest BCUT2D eigenvalue weighted by atomic mass is 9.99. The largest absolute Gasteiger partial charge is 0.337 e. The number of hydrogen-bond acceptors (Lipinski definition) is 4. The molecule has 1 saturated heterocycles. The Balaban J connectivity index is 1.43. The molecule has 2 aliphatic heterocycles. The first kappa shape index (κ1) is 16.3. The molecule has 6 nitrogen and oxygen atoms in total. The van der Waals surface area contributed by atoms with Gasteiger partial charge in [-0.05, 0) is 43.9 Å². The minimum Gasteiger partial charge on any atom is -0.337 e. The minimum absolute atomic E-state index is 0.0821. The molecule has 4 rings (SSSR count). The molecular formula is C19H25N5O. The number of carbonyl (C=O) groups excluding carboxylic acids is 1. The van der Waals surface area contributed by atoms with Crippen LogP contribution in [0.25, 0.3) is 0 Å². The Kier molecular flexibility index (Phi) is 4.53. The molecule has 132 valence electrons. The second kappa shape index (κ2) is 6.96. The number of benzene rings is 1. The van der Waals surface area contributed by atoms with E-state index >= 15 is 0 Å². The normalized spacial score (nSPS) is 22.0. The highest BCUT2D eigenvalue weighted by Crippen LogP contribution is 2.24. The second-order valence-electron chi connectivity index (χ2n) is 7.11. The maximum atomic E-state index is 13.1. The smallest absolute Gasteiger partial charge is 0.239 e. The average Bonchev–Trinajstić information content (AvgIpc) is 3.32. The van der Waals surface area contributed by atoms with Crippen LogP contribution in [0.4, 0.5) is 0 Å². The third-order valence-electron chi connectivity index (χ3n) is 5.58. The molecule has 0 aliphatic carbocycles. The predicted octanol–water partition coefficient (Wildman–Crippen LogP) is 1.72. The lowest BCUT2D eigenvalue weighted by molar-refractivity contribution is -0.137. The summed E-state index contributed by atoms with van der Waals surface area (Å²) in [5.74, 6) is 0.250. The first-order chi connectivity index (χ1) is 12.2. The summed E-state index contributed by atoms with van der Waals surface area (Å²) < 4.78 is 1.87. The molecule has 2 aromatic rings. The van der Waals surface area contributed by atoms with Crippen LogP contribution in [0.5, 0.6) is 0 Å². The molecule has 0 spiro atoms. The van der Waals surface area contributed by atoms with Gasteiger partial charge in [0.2, 0.25) is 5.91 Å². The quantitative estimate of drug-likeness (QED) is 0.851. The van der Waals surface area contributed by atoms with Crippen molar-refractivity contribution in [1.82, 2.24) is 24.6 Å². The van der Waals surface area contributed by atoms with Crippen molar-refractivity contribution < 1.29 is 4.79 Å². The Hall–Kier alpha value is -2.21. The Bertz CT molecular complexity index is 729. The number of amides is 1. The molecule has 1 amide bonds. The van der Waals surface area contributed by atoms with Gasteiger partial charge in [0.05, 0.1) is 12.6 Å². The van der Waals surface area contributed by atoms with Gasteiger partial charge < -0.3 is 4.90 Å². The Morgan fingerprint density at radius 3 is 2.92 bits per heavy atom. The van der Waals surface area contributed by atoms with Gasteiger partial charge in [-0.3, -0.25) is 14.4 Å². The summed E-state index contributed by atoms with van der Waals surface area (Å²) in [5.41, 5.74) is 2.67. The monoisotopic (exact) mass is 339 g/mol. The molecule has 0 saturated carbocycles. The topological polar surface area (TPSA) is 54.3 Å². The average molecular weight is 339 g/mol. The Morgan fingerprint density at radius 2 is 2.12 bits per heavy atom. The Labute approximate surface area is 148 Å². The summed E-state index contributed by atoms with van der Waals surface area (Å²) in [6.07, 6.45) is 6.53. The molecule has 3 heterocycles. The fourth-order valence-corrected chi connectivity index (χ4v) is 4.20. The number of carbonyl (C=O) groups is 1. The lowest BCUT2D eigenvalue weighted by Crippen LogP contribution is -2.50. The van der Waals surface area contributed by atoms with Crippen LogP contribution in [0.15, 0.2) is 36.9 Å². The molecular weight excluding hydrogens is 314 g/mol. The molecule has 2 atom stereocenters. The van der Waals surface area contributed by atoms with Gasteiger partial charge in [0.25, 0.3) is 0 Å². The van der Waals surface area contributed by atoms with Gasteiger partial charge in [-0.25, -0.2) is 4.98 Å². The molecule has 1 aromatic carbocycles. The van der Waals surface area contributed by atoms with Crippen molar-refractivity contribution in [3.05, 3.63) is 48.0 Å². The summed E-state index contributed by atoms with van der Waals surface area (Å²) in [5, 5.41) is 4.22. The van der Waals surface area contributed by atoms with Crippen molar-refractivity contribution in [1.29, 1.82) is 0 Å². The van der Waals surface area contributed by atoms with E-state index in [2.05, 4.69) is 46.2 Å². The van der Waals surface area contributed by atoms with Crippen LogP contribution in [0.3, 0.4) is 0 Å². The fraction of sp³-hybridized carbons (Fsp3) is 0.526. The number of fused-ring (bicyclic) bond motifs is 1. The second-order valence-corrected chi connectivity index (χ2v) is 7.11. The molecule has 1 aromatic heterocycles. The van der Waals surface area contributed by atoms with E-state index in [1.54, 1.807) is 12.7 Å². The molecule has 2 aliphatic rings. The number of aromatic nitrogens is 3. The van der Waals surface area contributed by atoms with E-state index in [1.165, 1.54) is 11.1 Å². The van der Waals surface area contributed by atoms with Gasteiger partial charge in [0.1, 0.15) is 12.7 Å². The molecule has 0 bridgehead atoms. The fourth-order valence-electron chi connectivity index (χ4n) is 4.20. The summed E-state index contributed by atoms with van der Waals surface area (Å²) in [6, 6.07) is 8.74. The predicted molar refractivity (Wildman–Crippen MR) is 94.8 cm³/mol. The van der Waals surface area contributed by atoms with Crippen LogP contribution in [-0.4, -0.2) is 55.6 Å².